The molecular formula is C22H21N7O. The van der Waals surface area contributed by atoms with Crippen molar-refractivity contribution in [2.75, 3.05) is 6.54 Å². The number of hydrogen-bond donors (Lipinski definition) is 1. The molecule has 0 unspecified atom stereocenters. The molecule has 4 aromatic rings. The zero-order valence-electron chi connectivity index (χ0n) is 16.6. The number of amides is 1. The second-order valence-electron chi connectivity index (χ2n) is 6.76. The minimum absolute atomic E-state index is 0.159. The van der Waals surface area contributed by atoms with E-state index in [-0.39, 0.29) is 5.91 Å². The van der Waals surface area contributed by atoms with E-state index in [0.717, 1.165) is 29.7 Å². The number of nitrogens with one attached hydrogen (secondary N) is 1. The molecule has 0 bridgehead atoms. The molecule has 0 saturated heterocycles. The number of aromatic nitrogens is 6. The Kier molecular flexibility index (Phi) is 5.84. The highest BCUT2D eigenvalue weighted by Gasteiger charge is 2.16. The van der Waals surface area contributed by atoms with Crippen LogP contribution in [-0.4, -0.2) is 42.2 Å². The molecule has 0 fully saturated rings. The van der Waals surface area contributed by atoms with Gasteiger partial charge in [0.25, 0.3) is 11.9 Å². The smallest absolute Gasteiger partial charge is 0.254 e. The Balaban J connectivity index is 1.43. The maximum absolute atomic E-state index is 12.6. The Bertz CT molecular complexity index is 1130. The van der Waals surface area contributed by atoms with Gasteiger partial charge in [0.15, 0.2) is 0 Å². The minimum atomic E-state index is -0.159. The highest BCUT2D eigenvalue weighted by molar-refractivity contribution is 5.95. The lowest BCUT2D eigenvalue weighted by Crippen LogP contribution is -2.25. The fourth-order valence-electron chi connectivity index (χ4n) is 3.10. The minimum Gasteiger partial charge on any atom is -0.352 e. The first-order valence-electron chi connectivity index (χ1n) is 9.68. The number of hydrogen-bond acceptors (Lipinski definition) is 6. The van der Waals surface area contributed by atoms with Crippen LogP contribution in [0.5, 0.6) is 0 Å². The molecule has 0 saturated carbocycles. The van der Waals surface area contributed by atoms with E-state index in [4.69, 9.17) is 0 Å². The number of nitrogens with zero attached hydrogens (tertiary/aromatic N) is 6. The summed E-state index contributed by atoms with van der Waals surface area (Å²) >= 11 is 0. The maximum Gasteiger partial charge on any atom is 0.254 e. The number of carbonyl (C=O) groups is 1. The first-order valence-corrected chi connectivity index (χ1v) is 9.68. The van der Waals surface area contributed by atoms with E-state index in [2.05, 4.69) is 30.4 Å². The van der Waals surface area contributed by atoms with Crippen LogP contribution in [0.4, 0.5) is 0 Å². The van der Waals surface area contributed by atoms with Gasteiger partial charge >= 0.3 is 0 Å². The van der Waals surface area contributed by atoms with Gasteiger partial charge in [-0.05, 0) is 49.6 Å². The van der Waals surface area contributed by atoms with Crippen molar-refractivity contribution in [2.45, 2.75) is 19.8 Å². The third kappa shape index (κ3) is 4.38. The molecule has 4 rings (SSSR count). The lowest BCUT2D eigenvalue weighted by molar-refractivity contribution is 0.0952. The summed E-state index contributed by atoms with van der Waals surface area (Å²) in [5.41, 5.74) is 3.97. The average molecular weight is 399 g/mol. The largest absolute Gasteiger partial charge is 0.352 e. The Hall–Kier alpha value is -3.94. The third-order valence-electron chi connectivity index (χ3n) is 4.69. The molecular weight excluding hydrogens is 378 g/mol. The molecule has 0 spiro atoms. The topological polar surface area (TPSA) is 98.5 Å². The van der Waals surface area contributed by atoms with Gasteiger partial charge in [-0.2, -0.15) is 5.10 Å². The predicted molar refractivity (Wildman–Crippen MR) is 112 cm³/mol. The summed E-state index contributed by atoms with van der Waals surface area (Å²) in [5.74, 6) is 0.248. The number of aryl methyl sites for hydroxylation is 1. The van der Waals surface area contributed by atoms with Gasteiger partial charge in [-0.15, -0.1) is 0 Å². The number of rotatable bonds is 7. The molecule has 0 atom stereocenters. The van der Waals surface area contributed by atoms with E-state index >= 15 is 0 Å². The number of pyridine rings is 2. The van der Waals surface area contributed by atoms with Crippen LogP contribution in [0.25, 0.3) is 17.2 Å². The third-order valence-corrected chi connectivity index (χ3v) is 4.69. The monoisotopic (exact) mass is 399 g/mol. The first kappa shape index (κ1) is 19.4. The Labute approximate surface area is 174 Å². The second-order valence-corrected chi connectivity index (χ2v) is 6.76. The van der Waals surface area contributed by atoms with Crippen molar-refractivity contribution in [1.82, 2.24) is 35.0 Å². The standard InChI is InChI=1S/C22H21N7O/c1-16-19(21(30)25-11-3-6-17-5-2-9-23-13-17)15-27-29(16)22-26-12-8-20(28-22)18-7-4-10-24-14-18/h2,4-5,7-10,12-15H,3,6,11H2,1H3,(H,25,30). The van der Waals surface area contributed by atoms with Gasteiger partial charge in [0, 0.05) is 43.1 Å². The van der Waals surface area contributed by atoms with E-state index in [0.29, 0.717) is 23.8 Å². The Morgan fingerprint density at radius 3 is 2.63 bits per heavy atom. The summed E-state index contributed by atoms with van der Waals surface area (Å²) in [4.78, 5) is 29.7. The fourth-order valence-corrected chi connectivity index (χ4v) is 3.10. The van der Waals surface area contributed by atoms with Gasteiger partial charge in [0.05, 0.1) is 23.1 Å². The molecule has 8 nitrogen and oxygen atoms in total. The van der Waals surface area contributed by atoms with Gasteiger partial charge in [0.1, 0.15) is 0 Å². The van der Waals surface area contributed by atoms with Crippen molar-refractivity contribution in [3.8, 4) is 17.2 Å². The summed E-state index contributed by atoms with van der Waals surface area (Å²) in [6.07, 6.45) is 12.0. The zero-order chi connectivity index (χ0) is 20.8. The maximum atomic E-state index is 12.6. The summed E-state index contributed by atoms with van der Waals surface area (Å²) in [6, 6.07) is 9.54. The lowest BCUT2D eigenvalue weighted by atomic mass is 10.1. The van der Waals surface area contributed by atoms with Crippen LogP contribution in [0.1, 0.15) is 28.0 Å². The SMILES string of the molecule is Cc1c(C(=O)NCCCc2cccnc2)cnn1-c1nccc(-c2cccnc2)n1. The molecule has 0 aliphatic rings. The summed E-state index contributed by atoms with van der Waals surface area (Å²) in [7, 11) is 0. The van der Waals surface area contributed by atoms with E-state index < -0.39 is 0 Å². The molecule has 4 aromatic heterocycles. The van der Waals surface area contributed by atoms with Crippen LogP contribution in [-0.2, 0) is 6.42 Å². The molecule has 4 heterocycles. The molecule has 8 heteroatoms. The van der Waals surface area contributed by atoms with Gasteiger partial charge in [-0.1, -0.05) is 6.07 Å². The van der Waals surface area contributed by atoms with E-state index in [1.807, 2.05) is 43.5 Å². The zero-order valence-corrected chi connectivity index (χ0v) is 16.6. The number of carbonyl (C=O) groups excluding carboxylic acids is 1. The highest BCUT2D eigenvalue weighted by atomic mass is 16.1. The summed E-state index contributed by atoms with van der Waals surface area (Å²) in [6.45, 7) is 2.41. The van der Waals surface area contributed by atoms with Gasteiger partial charge in [-0.25, -0.2) is 14.6 Å². The van der Waals surface area contributed by atoms with E-state index in [1.165, 1.54) is 0 Å². The van der Waals surface area contributed by atoms with Gasteiger partial charge in [0.2, 0.25) is 0 Å². The molecule has 30 heavy (non-hydrogen) atoms. The van der Waals surface area contributed by atoms with Crippen molar-refractivity contribution in [3.05, 3.63) is 84.3 Å². The molecule has 1 N–H and O–H groups in total. The van der Waals surface area contributed by atoms with Crippen LogP contribution < -0.4 is 5.32 Å². The average Bonchev–Trinajstić information content (AvgIpc) is 3.19. The first-order chi connectivity index (χ1) is 14.7. The second kappa shape index (κ2) is 9.04. The molecule has 150 valence electrons. The quantitative estimate of drug-likeness (QED) is 0.480. The van der Waals surface area contributed by atoms with Crippen molar-refractivity contribution in [1.29, 1.82) is 0 Å². The highest BCUT2D eigenvalue weighted by Crippen LogP contribution is 2.17. The molecule has 0 aliphatic carbocycles. The lowest BCUT2D eigenvalue weighted by Gasteiger charge is -2.07. The normalized spacial score (nSPS) is 10.7. The van der Waals surface area contributed by atoms with Crippen LogP contribution >= 0.6 is 0 Å². The van der Waals surface area contributed by atoms with Gasteiger partial charge < -0.3 is 5.32 Å². The van der Waals surface area contributed by atoms with E-state index in [1.54, 1.807) is 35.7 Å². The van der Waals surface area contributed by atoms with Crippen LogP contribution in [0, 0.1) is 6.92 Å². The van der Waals surface area contributed by atoms with Crippen molar-refractivity contribution in [3.63, 3.8) is 0 Å². The van der Waals surface area contributed by atoms with Crippen molar-refractivity contribution in [2.24, 2.45) is 0 Å². The summed E-state index contributed by atoms with van der Waals surface area (Å²) in [5, 5.41) is 7.27. The predicted octanol–water partition coefficient (Wildman–Crippen LogP) is 2.79. The van der Waals surface area contributed by atoms with Crippen LogP contribution in [0.15, 0.2) is 67.5 Å². The fraction of sp³-hybridized carbons (Fsp3) is 0.182. The molecule has 1 amide bonds. The molecule has 0 aliphatic heterocycles. The van der Waals surface area contributed by atoms with Gasteiger partial charge in [-0.3, -0.25) is 14.8 Å². The van der Waals surface area contributed by atoms with Crippen molar-refractivity contribution >= 4 is 5.91 Å². The summed E-state index contributed by atoms with van der Waals surface area (Å²) < 4.78 is 1.57. The van der Waals surface area contributed by atoms with Crippen LogP contribution in [0.2, 0.25) is 0 Å². The van der Waals surface area contributed by atoms with E-state index in [9.17, 15) is 4.79 Å². The Morgan fingerprint density at radius 1 is 1.03 bits per heavy atom. The molecule has 0 radical (unpaired) electrons. The Morgan fingerprint density at radius 2 is 1.87 bits per heavy atom. The van der Waals surface area contributed by atoms with Crippen molar-refractivity contribution < 1.29 is 4.79 Å². The van der Waals surface area contributed by atoms with Crippen LogP contribution in [0.3, 0.4) is 0 Å². The molecule has 0 aromatic carbocycles.